The molecule has 3 heteroatoms. The second-order valence-electron chi connectivity index (χ2n) is 6.47. The third-order valence-corrected chi connectivity index (χ3v) is 5.78. The largest absolute Gasteiger partial charge is 0.457 e. The number of hydrogen-bond acceptors (Lipinski definition) is 3. The highest BCUT2D eigenvalue weighted by atomic mass is 32.1. The number of ether oxygens (including phenoxy) is 1. The van der Waals surface area contributed by atoms with Crippen molar-refractivity contribution in [1.82, 2.24) is 4.98 Å². The van der Waals surface area contributed by atoms with Crippen LogP contribution in [-0.2, 0) is 6.42 Å². The highest BCUT2D eigenvalue weighted by Gasteiger charge is 2.27. The monoisotopic (exact) mass is 355 g/mol. The van der Waals surface area contributed by atoms with Crippen LogP contribution in [0.25, 0.3) is 11.1 Å². The molecule has 2 aromatic heterocycles. The Bertz CT molecular complexity index is 1040. The van der Waals surface area contributed by atoms with Crippen LogP contribution in [0.2, 0.25) is 0 Å². The summed E-state index contributed by atoms with van der Waals surface area (Å²) < 4.78 is 6.27. The smallest absolute Gasteiger partial charge is 0.131 e. The van der Waals surface area contributed by atoms with Crippen molar-refractivity contribution in [2.24, 2.45) is 0 Å². The van der Waals surface area contributed by atoms with Gasteiger partial charge in [-0.15, -0.1) is 11.3 Å². The molecule has 26 heavy (non-hydrogen) atoms. The van der Waals surface area contributed by atoms with Gasteiger partial charge in [-0.3, -0.25) is 4.98 Å². The number of aromatic nitrogens is 1. The Kier molecular flexibility index (Phi) is 3.80. The summed E-state index contributed by atoms with van der Waals surface area (Å²) >= 11 is 1.82. The van der Waals surface area contributed by atoms with Crippen molar-refractivity contribution >= 4 is 11.3 Å². The number of benzene rings is 2. The quantitative estimate of drug-likeness (QED) is 0.431. The first kappa shape index (κ1) is 15.4. The topological polar surface area (TPSA) is 22.1 Å². The van der Waals surface area contributed by atoms with Gasteiger partial charge in [0.25, 0.3) is 0 Å². The van der Waals surface area contributed by atoms with Gasteiger partial charge in [-0.25, -0.2) is 0 Å². The van der Waals surface area contributed by atoms with Crippen LogP contribution in [0.3, 0.4) is 0 Å². The van der Waals surface area contributed by atoms with Gasteiger partial charge >= 0.3 is 0 Å². The fourth-order valence-electron chi connectivity index (χ4n) is 3.62. The molecule has 2 aromatic carbocycles. The molecule has 3 heterocycles. The summed E-state index contributed by atoms with van der Waals surface area (Å²) in [6.07, 6.45) is 4.69. The van der Waals surface area contributed by atoms with E-state index in [1.807, 2.05) is 29.7 Å². The lowest BCUT2D eigenvalue weighted by Gasteiger charge is -2.28. The van der Waals surface area contributed by atoms with Gasteiger partial charge in [0.15, 0.2) is 0 Å². The zero-order chi connectivity index (χ0) is 17.3. The van der Waals surface area contributed by atoms with Crippen LogP contribution in [-0.4, -0.2) is 4.98 Å². The predicted octanol–water partition coefficient (Wildman–Crippen LogP) is 6.29. The van der Waals surface area contributed by atoms with Gasteiger partial charge in [-0.05, 0) is 41.6 Å². The first-order valence-electron chi connectivity index (χ1n) is 8.72. The Labute approximate surface area is 156 Å². The van der Waals surface area contributed by atoms with Crippen molar-refractivity contribution in [2.75, 3.05) is 0 Å². The van der Waals surface area contributed by atoms with Crippen LogP contribution in [0.4, 0.5) is 0 Å². The van der Waals surface area contributed by atoms with Crippen LogP contribution < -0.4 is 4.74 Å². The van der Waals surface area contributed by atoms with E-state index in [9.17, 15) is 0 Å². The average molecular weight is 355 g/mol. The lowest BCUT2D eigenvalue weighted by molar-refractivity contribution is 0.445. The number of fused-ring (bicyclic) bond motifs is 2. The van der Waals surface area contributed by atoms with Crippen LogP contribution in [0, 0.1) is 0 Å². The molecule has 0 aliphatic carbocycles. The van der Waals surface area contributed by atoms with Gasteiger partial charge in [0.2, 0.25) is 0 Å². The van der Waals surface area contributed by atoms with Crippen molar-refractivity contribution in [1.29, 1.82) is 0 Å². The summed E-state index contributed by atoms with van der Waals surface area (Å²) in [4.78, 5) is 5.63. The van der Waals surface area contributed by atoms with Gasteiger partial charge in [0, 0.05) is 39.9 Å². The Balaban J connectivity index is 1.61. The molecule has 1 atom stereocenters. The Morgan fingerprint density at radius 3 is 2.62 bits per heavy atom. The number of pyridine rings is 1. The maximum absolute atomic E-state index is 6.27. The van der Waals surface area contributed by atoms with Crippen molar-refractivity contribution in [2.45, 2.75) is 12.3 Å². The second-order valence-corrected chi connectivity index (χ2v) is 7.50. The molecule has 5 rings (SSSR count). The van der Waals surface area contributed by atoms with E-state index in [0.717, 1.165) is 29.0 Å². The van der Waals surface area contributed by atoms with Gasteiger partial charge in [0.1, 0.15) is 11.5 Å². The molecule has 0 bridgehead atoms. The second kappa shape index (κ2) is 6.43. The highest BCUT2D eigenvalue weighted by molar-refractivity contribution is 7.09. The van der Waals surface area contributed by atoms with E-state index in [2.05, 4.69) is 65.0 Å². The van der Waals surface area contributed by atoms with E-state index in [0.29, 0.717) is 5.92 Å². The van der Waals surface area contributed by atoms with E-state index in [1.54, 1.807) is 6.20 Å². The molecule has 1 aliphatic heterocycles. The number of thiophene rings is 1. The summed E-state index contributed by atoms with van der Waals surface area (Å²) in [6.45, 7) is 0. The molecule has 0 N–H and O–H groups in total. The lowest BCUT2D eigenvalue weighted by Crippen LogP contribution is -2.12. The Hall–Kier alpha value is -2.91. The van der Waals surface area contributed by atoms with Crippen LogP contribution in [0.15, 0.2) is 84.5 Å². The molecule has 126 valence electrons. The van der Waals surface area contributed by atoms with Crippen molar-refractivity contribution < 1.29 is 4.74 Å². The molecule has 0 fully saturated rings. The van der Waals surface area contributed by atoms with Crippen molar-refractivity contribution in [3.8, 4) is 22.6 Å². The lowest BCUT2D eigenvalue weighted by atomic mass is 9.84. The molecule has 0 amide bonds. The van der Waals surface area contributed by atoms with Gasteiger partial charge < -0.3 is 4.74 Å². The normalized spacial score (nSPS) is 15.0. The van der Waals surface area contributed by atoms with E-state index in [-0.39, 0.29) is 0 Å². The van der Waals surface area contributed by atoms with E-state index in [4.69, 9.17) is 4.74 Å². The third kappa shape index (κ3) is 2.71. The number of rotatable bonds is 3. The van der Waals surface area contributed by atoms with E-state index < -0.39 is 0 Å². The Morgan fingerprint density at radius 2 is 1.77 bits per heavy atom. The van der Waals surface area contributed by atoms with Crippen molar-refractivity contribution in [3.05, 3.63) is 101 Å². The molecular weight excluding hydrogens is 338 g/mol. The van der Waals surface area contributed by atoms with E-state index in [1.165, 1.54) is 16.0 Å². The minimum absolute atomic E-state index is 0.316. The molecule has 4 aromatic rings. The minimum atomic E-state index is 0.316. The number of nitrogens with zero attached hydrogens (tertiary/aromatic N) is 1. The maximum Gasteiger partial charge on any atom is 0.131 e. The van der Waals surface area contributed by atoms with E-state index >= 15 is 0 Å². The summed E-state index contributed by atoms with van der Waals surface area (Å²) in [5.74, 6) is 2.23. The maximum atomic E-state index is 6.27. The zero-order valence-corrected chi connectivity index (χ0v) is 14.9. The fraction of sp³-hybridized carbons (Fsp3) is 0.0870. The molecule has 0 saturated carbocycles. The Morgan fingerprint density at radius 1 is 0.846 bits per heavy atom. The number of hydrogen-bond donors (Lipinski definition) is 0. The van der Waals surface area contributed by atoms with Gasteiger partial charge in [-0.2, -0.15) is 0 Å². The first-order valence-corrected chi connectivity index (χ1v) is 9.60. The molecular formula is C23H17NOS. The average Bonchev–Trinajstić information content (AvgIpc) is 3.21. The molecule has 2 nitrogen and oxygen atoms in total. The molecule has 1 aliphatic rings. The highest BCUT2D eigenvalue weighted by Crippen LogP contribution is 2.46. The molecule has 0 spiro atoms. The van der Waals surface area contributed by atoms with Crippen LogP contribution in [0.5, 0.6) is 11.5 Å². The van der Waals surface area contributed by atoms with Crippen molar-refractivity contribution in [3.63, 3.8) is 0 Å². The summed E-state index contributed by atoms with van der Waals surface area (Å²) in [5.41, 5.74) is 4.76. The first-order chi connectivity index (χ1) is 12.9. The summed E-state index contributed by atoms with van der Waals surface area (Å²) in [5, 5.41) is 2.15. The molecule has 0 saturated heterocycles. The molecule has 1 unspecified atom stereocenters. The zero-order valence-electron chi connectivity index (χ0n) is 14.1. The predicted molar refractivity (Wildman–Crippen MR) is 106 cm³/mol. The molecule has 0 radical (unpaired) electrons. The summed E-state index contributed by atoms with van der Waals surface area (Å²) in [7, 11) is 0. The van der Waals surface area contributed by atoms with Crippen LogP contribution in [0.1, 0.15) is 21.9 Å². The number of para-hydroxylation sites is 1. The minimum Gasteiger partial charge on any atom is -0.457 e. The third-order valence-electron chi connectivity index (χ3n) is 4.88. The fourth-order valence-corrected chi connectivity index (χ4v) is 4.37. The SMILES string of the molecule is c1cncc(-c2ccc3c(c2)Oc2ccccc2C3Cc2cccs2)c1. The van der Waals surface area contributed by atoms with Crippen LogP contribution >= 0.6 is 11.3 Å². The van der Waals surface area contributed by atoms with Gasteiger partial charge in [0.05, 0.1) is 0 Å². The van der Waals surface area contributed by atoms with Gasteiger partial charge in [-0.1, -0.05) is 42.5 Å². The standard InChI is InChI=1S/C23H17NOS/c1-2-8-22-19(7-1)21(14-18-6-4-12-26-18)20-10-9-16(13-23(20)25-22)17-5-3-11-24-15-17/h1-13,15,21H,14H2. The summed E-state index contributed by atoms with van der Waals surface area (Å²) in [6, 6.07) is 23.3.